The Balaban J connectivity index is 1.56. The number of likely N-dealkylation sites (tertiary alicyclic amines) is 1. The van der Waals surface area contributed by atoms with Crippen molar-refractivity contribution in [3.63, 3.8) is 0 Å². The Morgan fingerprint density at radius 2 is 1.86 bits per heavy atom. The van der Waals surface area contributed by atoms with Gasteiger partial charge in [0.15, 0.2) is 5.82 Å². The normalized spacial score (nSPS) is 14.5. The number of hydrogen-bond donors (Lipinski definition) is 0. The lowest BCUT2D eigenvalue weighted by Crippen LogP contribution is -2.40. The van der Waals surface area contributed by atoms with Crippen molar-refractivity contribution in [1.82, 2.24) is 24.3 Å². The standard InChI is InChI=1S/C25H29F2N5O3/c1-15(2)35-25(34)31-9-7-18(8-10-31)32-13-20(27)22-21(28-14-29-23(22)32)12-16-5-6-17(11-19(16)26)24(33)30(3)4/h5-6,11,13-15,18H,7-10,12H2,1-4H3. The third kappa shape index (κ3) is 5.11. The molecule has 1 saturated heterocycles. The lowest BCUT2D eigenvalue weighted by Gasteiger charge is -2.32. The molecule has 3 aromatic rings. The molecular weight excluding hydrogens is 456 g/mol. The minimum atomic E-state index is -0.551. The molecule has 35 heavy (non-hydrogen) atoms. The maximum absolute atomic E-state index is 15.1. The summed E-state index contributed by atoms with van der Waals surface area (Å²) >= 11 is 0. The molecule has 1 fully saturated rings. The van der Waals surface area contributed by atoms with Gasteiger partial charge in [0.05, 0.1) is 17.2 Å². The Bertz CT molecular complexity index is 1250. The minimum Gasteiger partial charge on any atom is -0.447 e. The van der Waals surface area contributed by atoms with Crippen LogP contribution in [-0.2, 0) is 11.2 Å². The molecule has 2 aromatic heterocycles. The molecule has 10 heteroatoms. The van der Waals surface area contributed by atoms with Crippen molar-refractivity contribution in [3.05, 3.63) is 59.2 Å². The number of aromatic nitrogens is 3. The quantitative estimate of drug-likeness (QED) is 0.542. The first-order valence-electron chi connectivity index (χ1n) is 11.6. The topological polar surface area (TPSA) is 80.6 Å². The molecule has 0 spiro atoms. The van der Waals surface area contributed by atoms with E-state index in [-0.39, 0.29) is 41.5 Å². The number of benzene rings is 1. The molecule has 3 heterocycles. The van der Waals surface area contributed by atoms with E-state index in [1.165, 1.54) is 29.6 Å². The zero-order valence-electron chi connectivity index (χ0n) is 20.3. The summed E-state index contributed by atoms with van der Waals surface area (Å²) in [5, 5.41) is 0.252. The van der Waals surface area contributed by atoms with Gasteiger partial charge in [-0.3, -0.25) is 4.79 Å². The molecule has 186 valence electrons. The summed E-state index contributed by atoms with van der Waals surface area (Å²) < 4.78 is 36.9. The van der Waals surface area contributed by atoms with Crippen molar-refractivity contribution in [1.29, 1.82) is 0 Å². The summed E-state index contributed by atoms with van der Waals surface area (Å²) in [7, 11) is 3.20. The summed E-state index contributed by atoms with van der Waals surface area (Å²) in [6, 6.07) is 4.23. The fourth-order valence-corrected chi connectivity index (χ4v) is 4.38. The average Bonchev–Trinajstić information content (AvgIpc) is 3.16. The molecule has 4 rings (SSSR count). The van der Waals surface area contributed by atoms with Gasteiger partial charge in [-0.25, -0.2) is 23.5 Å². The van der Waals surface area contributed by atoms with Crippen LogP contribution < -0.4 is 0 Å². The molecule has 0 unspecified atom stereocenters. The number of nitrogens with zero attached hydrogens (tertiary/aromatic N) is 5. The Kier molecular flexibility index (Phi) is 7.00. The Morgan fingerprint density at radius 3 is 2.49 bits per heavy atom. The number of rotatable bonds is 5. The van der Waals surface area contributed by atoms with Crippen LogP contribution in [0.5, 0.6) is 0 Å². The van der Waals surface area contributed by atoms with Crippen LogP contribution in [-0.4, -0.2) is 69.6 Å². The summed E-state index contributed by atoms with van der Waals surface area (Å²) in [6.07, 6.45) is 3.55. The van der Waals surface area contributed by atoms with Crippen molar-refractivity contribution in [2.75, 3.05) is 27.2 Å². The van der Waals surface area contributed by atoms with Crippen LogP contribution in [0.25, 0.3) is 11.0 Å². The van der Waals surface area contributed by atoms with Crippen LogP contribution in [0.3, 0.4) is 0 Å². The van der Waals surface area contributed by atoms with Crippen LogP contribution >= 0.6 is 0 Å². The van der Waals surface area contributed by atoms with Gasteiger partial charge in [-0.2, -0.15) is 0 Å². The molecule has 0 saturated carbocycles. The van der Waals surface area contributed by atoms with Crippen LogP contribution in [0.15, 0.2) is 30.7 Å². The SMILES string of the molecule is CC(C)OC(=O)N1CCC(n2cc(F)c3c(Cc4ccc(C(=O)N(C)C)cc4F)ncnc32)CC1. The molecule has 0 radical (unpaired) electrons. The average molecular weight is 486 g/mol. The molecule has 1 aromatic carbocycles. The van der Waals surface area contributed by atoms with Crippen molar-refractivity contribution in [2.45, 2.75) is 45.3 Å². The number of fused-ring (bicyclic) bond motifs is 1. The van der Waals surface area contributed by atoms with E-state index in [0.717, 1.165) is 0 Å². The highest BCUT2D eigenvalue weighted by atomic mass is 19.1. The predicted octanol–water partition coefficient (Wildman–Crippen LogP) is 4.18. The third-order valence-corrected chi connectivity index (χ3v) is 6.16. The first kappa shape index (κ1) is 24.6. The second-order valence-electron chi connectivity index (χ2n) is 9.24. The van der Waals surface area contributed by atoms with Crippen LogP contribution in [0.1, 0.15) is 54.3 Å². The summed E-state index contributed by atoms with van der Waals surface area (Å²) in [5.74, 6) is -1.33. The molecule has 0 atom stereocenters. The third-order valence-electron chi connectivity index (χ3n) is 6.16. The number of carbonyl (C=O) groups is 2. The molecule has 0 bridgehead atoms. The fourth-order valence-electron chi connectivity index (χ4n) is 4.38. The van der Waals surface area contributed by atoms with Crippen LogP contribution in [0, 0.1) is 11.6 Å². The summed E-state index contributed by atoms with van der Waals surface area (Å²) in [6.45, 7) is 4.61. The number of hydrogen-bond acceptors (Lipinski definition) is 5. The maximum atomic E-state index is 15.1. The van der Waals surface area contributed by atoms with E-state index in [1.54, 1.807) is 43.5 Å². The van der Waals surface area contributed by atoms with E-state index in [9.17, 15) is 14.0 Å². The second kappa shape index (κ2) is 9.97. The fraction of sp³-hybridized carbons (Fsp3) is 0.440. The van der Waals surface area contributed by atoms with Gasteiger partial charge in [0.1, 0.15) is 17.8 Å². The molecule has 2 amide bonds. The van der Waals surface area contributed by atoms with Gasteiger partial charge in [-0.1, -0.05) is 6.07 Å². The molecule has 1 aliphatic rings. The number of carbonyl (C=O) groups excluding carboxylic acids is 2. The van der Waals surface area contributed by atoms with E-state index in [4.69, 9.17) is 4.74 Å². The van der Waals surface area contributed by atoms with Gasteiger partial charge in [0, 0.05) is 51.4 Å². The van der Waals surface area contributed by atoms with Gasteiger partial charge in [0.25, 0.3) is 5.91 Å². The Morgan fingerprint density at radius 1 is 1.14 bits per heavy atom. The predicted molar refractivity (Wildman–Crippen MR) is 126 cm³/mol. The lowest BCUT2D eigenvalue weighted by atomic mass is 10.0. The molecule has 1 aliphatic heterocycles. The van der Waals surface area contributed by atoms with E-state index >= 15 is 4.39 Å². The first-order valence-corrected chi connectivity index (χ1v) is 11.6. The highest BCUT2D eigenvalue weighted by Gasteiger charge is 2.28. The Hall–Kier alpha value is -3.56. The minimum absolute atomic E-state index is 0.0408. The zero-order valence-corrected chi connectivity index (χ0v) is 20.3. The van der Waals surface area contributed by atoms with Gasteiger partial charge >= 0.3 is 6.09 Å². The van der Waals surface area contributed by atoms with Crippen LogP contribution in [0.4, 0.5) is 13.6 Å². The highest BCUT2D eigenvalue weighted by molar-refractivity contribution is 5.94. The number of amides is 2. The lowest BCUT2D eigenvalue weighted by molar-refractivity contribution is 0.0662. The zero-order chi connectivity index (χ0) is 25.3. The Labute approximate surface area is 202 Å². The van der Waals surface area contributed by atoms with E-state index in [1.807, 2.05) is 0 Å². The van der Waals surface area contributed by atoms with E-state index in [2.05, 4.69) is 9.97 Å². The first-order chi connectivity index (χ1) is 16.7. The summed E-state index contributed by atoms with van der Waals surface area (Å²) in [5.41, 5.74) is 1.36. The van der Waals surface area contributed by atoms with Gasteiger partial charge in [-0.15, -0.1) is 0 Å². The molecular formula is C25H29F2N5O3. The molecule has 0 N–H and O–H groups in total. The van der Waals surface area contributed by atoms with Crippen molar-refractivity contribution < 1.29 is 23.1 Å². The smallest absolute Gasteiger partial charge is 0.410 e. The van der Waals surface area contributed by atoms with Gasteiger partial charge in [0.2, 0.25) is 0 Å². The van der Waals surface area contributed by atoms with E-state index < -0.39 is 11.6 Å². The van der Waals surface area contributed by atoms with Crippen molar-refractivity contribution >= 4 is 23.0 Å². The van der Waals surface area contributed by atoms with Crippen molar-refractivity contribution in [2.24, 2.45) is 0 Å². The second-order valence-corrected chi connectivity index (χ2v) is 9.24. The van der Waals surface area contributed by atoms with Crippen LogP contribution in [0.2, 0.25) is 0 Å². The van der Waals surface area contributed by atoms with Crippen molar-refractivity contribution in [3.8, 4) is 0 Å². The monoisotopic (exact) mass is 485 g/mol. The van der Waals surface area contributed by atoms with Gasteiger partial charge < -0.3 is 19.1 Å². The number of ether oxygens (including phenoxy) is 1. The number of halogens is 2. The molecule has 0 aliphatic carbocycles. The van der Waals surface area contributed by atoms with E-state index in [0.29, 0.717) is 42.8 Å². The largest absolute Gasteiger partial charge is 0.447 e. The van der Waals surface area contributed by atoms with Gasteiger partial charge in [-0.05, 0) is 44.4 Å². The molecule has 8 nitrogen and oxygen atoms in total. The highest BCUT2D eigenvalue weighted by Crippen LogP contribution is 2.31. The summed E-state index contributed by atoms with van der Waals surface area (Å²) in [4.78, 5) is 35.9. The maximum Gasteiger partial charge on any atom is 0.410 e. The number of piperidine rings is 1.